The van der Waals surface area contributed by atoms with Gasteiger partial charge < -0.3 is 9.73 Å². The molecule has 1 N–H and O–H groups in total. The van der Waals surface area contributed by atoms with Crippen molar-refractivity contribution in [2.24, 2.45) is 0 Å². The van der Waals surface area contributed by atoms with Gasteiger partial charge in [0.15, 0.2) is 0 Å². The lowest BCUT2D eigenvalue weighted by atomic mass is 9.87. The van der Waals surface area contributed by atoms with Crippen LogP contribution >= 0.6 is 23.1 Å². The number of thiazole rings is 1. The standard InChI is InChI=1S/C26H28N4O2S2/c1-16-6-7-17(2)21(12-16)28-22(31)13-23-27-20(14-33-23)15-34-25-30-29-24(32-25)18-8-10-19(11-9-18)26(3,4)5/h6-12,14H,13,15H2,1-5H3,(H,28,31). The van der Waals surface area contributed by atoms with Gasteiger partial charge in [-0.1, -0.05) is 56.8 Å². The third-order valence-electron chi connectivity index (χ3n) is 5.33. The van der Waals surface area contributed by atoms with Gasteiger partial charge >= 0.3 is 0 Å². The maximum Gasteiger partial charge on any atom is 0.277 e. The highest BCUT2D eigenvalue weighted by molar-refractivity contribution is 7.98. The number of anilines is 1. The van der Waals surface area contributed by atoms with E-state index >= 15 is 0 Å². The maximum atomic E-state index is 12.5. The minimum absolute atomic E-state index is 0.0683. The first-order chi connectivity index (χ1) is 16.2. The molecule has 0 bridgehead atoms. The third-order valence-corrected chi connectivity index (χ3v) is 7.08. The molecular formula is C26H28N4O2S2. The monoisotopic (exact) mass is 492 g/mol. The van der Waals surface area contributed by atoms with E-state index in [9.17, 15) is 4.79 Å². The van der Waals surface area contributed by atoms with Crippen molar-refractivity contribution >= 4 is 34.7 Å². The first-order valence-corrected chi connectivity index (χ1v) is 12.9. The predicted octanol–water partition coefficient (Wildman–Crippen LogP) is 6.58. The smallest absolute Gasteiger partial charge is 0.277 e. The molecule has 0 radical (unpaired) electrons. The zero-order valence-electron chi connectivity index (χ0n) is 20.0. The van der Waals surface area contributed by atoms with Gasteiger partial charge in [-0.3, -0.25) is 4.79 Å². The Morgan fingerprint density at radius 1 is 1.09 bits per heavy atom. The van der Waals surface area contributed by atoms with E-state index in [4.69, 9.17) is 4.42 Å². The molecule has 0 spiro atoms. The Labute approximate surface area is 208 Å². The molecule has 176 valence electrons. The van der Waals surface area contributed by atoms with E-state index in [1.54, 1.807) is 0 Å². The Balaban J connectivity index is 1.31. The van der Waals surface area contributed by atoms with Crippen molar-refractivity contribution in [1.29, 1.82) is 0 Å². The summed E-state index contributed by atoms with van der Waals surface area (Å²) in [6, 6.07) is 14.2. The van der Waals surface area contributed by atoms with Crippen molar-refractivity contribution in [3.05, 3.63) is 75.2 Å². The number of hydrogen-bond acceptors (Lipinski definition) is 7. The second-order valence-electron chi connectivity index (χ2n) is 9.27. The zero-order chi connectivity index (χ0) is 24.3. The van der Waals surface area contributed by atoms with Crippen LogP contribution in [0.25, 0.3) is 11.5 Å². The van der Waals surface area contributed by atoms with E-state index in [1.807, 2.05) is 49.6 Å². The minimum Gasteiger partial charge on any atom is -0.411 e. The number of thioether (sulfide) groups is 1. The molecule has 0 atom stereocenters. The van der Waals surface area contributed by atoms with Crippen LogP contribution in [-0.4, -0.2) is 21.1 Å². The van der Waals surface area contributed by atoms with Crippen LogP contribution in [0.1, 0.15) is 48.2 Å². The van der Waals surface area contributed by atoms with Crippen molar-refractivity contribution in [2.75, 3.05) is 5.32 Å². The fourth-order valence-corrected chi connectivity index (χ4v) is 4.89. The van der Waals surface area contributed by atoms with E-state index < -0.39 is 0 Å². The summed E-state index contributed by atoms with van der Waals surface area (Å²) in [5.41, 5.74) is 6.14. The molecule has 0 saturated heterocycles. The molecule has 2 heterocycles. The molecule has 0 aliphatic rings. The summed E-state index contributed by atoms with van der Waals surface area (Å²) in [6.45, 7) is 10.5. The summed E-state index contributed by atoms with van der Waals surface area (Å²) in [4.78, 5) is 17.1. The molecule has 4 aromatic rings. The summed E-state index contributed by atoms with van der Waals surface area (Å²) < 4.78 is 5.83. The lowest BCUT2D eigenvalue weighted by Crippen LogP contribution is -2.15. The molecule has 0 unspecified atom stereocenters. The van der Waals surface area contributed by atoms with Crippen LogP contribution in [0.2, 0.25) is 0 Å². The molecule has 0 fully saturated rings. The number of benzene rings is 2. The number of nitrogens with zero attached hydrogens (tertiary/aromatic N) is 3. The number of carbonyl (C=O) groups is 1. The summed E-state index contributed by atoms with van der Waals surface area (Å²) in [5, 5.41) is 14.6. The fraction of sp³-hybridized carbons (Fsp3) is 0.308. The van der Waals surface area contributed by atoms with E-state index in [-0.39, 0.29) is 17.7 Å². The number of amides is 1. The Morgan fingerprint density at radius 3 is 2.59 bits per heavy atom. The van der Waals surface area contributed by atoms with E-state index in [0.29, 0.717) is 16.9 Å². The SMILES string of the molecule is Cc1ccc(C)c(NC(=O)Cc2nc(CSc3nnc(-c4ccc(C(C)(C)C)cc4)o3)cs2)c1. The second kappa shape index (κ2) is 10.1. The quantitative estimate of drug-likeness (QED) is 0.293. The molecule has 2 aromatic carbocycles. The Morgan fingerprint density at radius 2 is 1.85 bits per heavy atom. The van der Waals surface area contributed by atoms with Gasteiger partial charge in [-0.05, 0) is 54.2 Å². The number of rotatable bonds is 7. The number of hydrogen-bond donors (Lipinski definition) is 1. The van der Waals surface area contributed by atoms with Crippen LogP contribution in [0.5, 0.6) is 0 Å². The van der Waals surface area contributed by atoms with Gasteiger partial charge in [0, 0.05) is 22.4 Å². The van der Waals surface area contributed by atoms with Crippen molar-refractivity contribution in [3.8, 4) is 11.5 Å². The number of nitrogens with one attached hydrogen (secondary N) is 1. The lowest BCUT2D eigenvalue weighted by Gasteiger charge is -2.18. The number of aryl methyl sites for hydroxylation is 2. The van der Waals surface area contributed by atoms with Crippen molar-refractivity contribution < 1.29 is 9.21 Å². The highest BCUT2D eigenvalue weighted by atomic mass is 32.2. The minimum atomic E-state index is -0.0683. The van der Waals surface area contributed by atoms with E-state index in [2.05, 4.69) is 53.4 Å². The highest BCUT2D eigenvalue weighted by Gasteiger charge is 2.15. The molecule has 6 nitrogen and oxygen atoms in total. The lowest BCUT2D eigenvalue weighted by molar-refractivity contribution is -0.115. The van der Waals surface area contributed by atoms with Crippen LogP contribution in [0, 0.1) is 13.8 Å². The summed E-state index contributed by atoms with van der Waals surface area (Å²) in [7, 11) is 0. The van der Waals surface area contributed by atoms with Gasteiger partial charge in [0.25, 0.3) is 5.22 Å². The Hall–Kier alpha value is -2.97. The molecule has 0 saturated carbocycles. The van der Waals surface area contributed by atoms with Crippen LogP contribution in [0.3, 0.4) is 0 Å². The van der Waals surface area contributed by atoms with Gasteiger partial charge in [-0.15, -0.1) is 21.5 Å². The predicted molar refractivity (Wildman–Crippen MR) is 138 cm³/mol. The summed E-state index contributed by atoms with van der Waals surface area (Å²) >= 11 is 2.92. The highest BCUT2D eigenvalue weighted by Crippen LogP contribution is 2.29. The van der Waals surface area contributed by atoms with Gasteiger partial charge in [0.05, 0.1) is 12.1 Å². The average Bonchev–Trinajstić information content (AvgIpc) is 3.44. The summed E-state index contributed by atoms with van der Waals surface area (Å²) in [6.07, 6.45) is 0.248. The van der Waals surface area contributed by atoms with Crippen LogP contribution in [0.4, 0.5) is 5.69 Å². The molecule has 2 aromatic heterocycles. The van der Waals surface area contributed by atoms with Gasteiger partial charge in [-0.25, -0.2) is 4.98 Å². The molecule has 4 rings (SSSR count). The fourth-order valence-electron chi connectivity index (χ4n) is 3.33. The van der Waals surface area contributed by atoms with Gasteiger partial charge in [-0.2, -0.15) is 0 Å². The van der Waals surface area contributed by atoms with Crippen LogP contribution < -0.4 is 5.32 Å². The van der Waals surface area contributed by atoms with Crippen molar-refractivity contribution in [1.82, 2.24) is 15.2 Å². The number of aromatic nitrogens is 3. The third kappa shape index (κ3) is 6.12. The van der Waals surface area contributed by atoms with E-state index in [0.717, 1.165) is 33.1 Å². The molecule has 8 heteroatoms. The van der Waals surface area contributed by atoms with Gasteiger partial charge in [0.1, 0.15) is 5.01 Å². The van der Waals surface area contributed by atoms with Crippen molar-refractivity contribution in [3.63, 3.8) is 0 Å². The topological polar surface area (TPSA) is 80.9 Å². The normalized spacial score (nSPS) is 11.6. The van der Waals surface area contributed by atoms with E-state index in [1.165, 1.54) is 28.7 Å². The zero-order valence-corrected chi connectivity index (χ0v) is 21.6. The van der Waals surface area contributed by atoms with Crippen LogP contribution in [-0.2, 0) is 22.4 Å². The average molecular weight is 493 g/mol. The largest absolute Gasteiger partial charge is 0.411 e. The Kier molecular flexibility index (Phi) is 7.19. The molecule has 34 heavy (non-hydrogen) atoms. The van der Waals surface area contributed by atoms with Crippen molar-refractivity contribution in [2.45, 2.75) is 57.4 Å². The molecule has 0 aliphatic heterocycles. The maximum absolute atomic E-state index is 12.5. The summed E-state index contributed by atoms with van der Waals surface area (Å²) in [5.74, 6) is 1.03. The number of carbonyl (C=O) groups excluding carboxylic acids is 1. The van der Waals surface area contributed by atoms with Gasteiger partial charge in [0.2, 0.25) is 11.8 Å². The molecule has 0 aliphatic carbocycles. The first-order valence-electron chi connectivity index (χ1n) is 11.0. The molecular weight excluding hydrogens is 464 g/mol. The first kappa shape index (κ1) is 24.2. The Bertz CT molecular complexity index is 1290. The second-order valence-corrected chi connectivity index (χ2v) is 11.1. The van der Waals surface area contributed by atoms with Crippen LogP contribution in [0.15, 0.2) is 57.5 Å². The molecule has 1 amide bonds.